The molecule has 2 fully saturated rings. The van der Waals surface area contributed by atoms with E-state index in [9.17, 15) is 0 Å². The summed E-state index contributed by atoms with van der Waals surface area (Å²) in [5.41, 5.74) is 2.05. The van der Waals surface area contributed by atoms with Crippen LogP contribution >= 0.6 is 0 Å². The minimum Gasteiger partial charge on any atom is -0.353 e. The Balaban J connectivity index is 1.56. The molecule has 0 spiro atoms. The van der Waals surface area contributed by atoms with Crippen LogP contribution in [0.15, 0.2) is 42.5 Å². The molecule has 0 aliphatic carbocycles. The van der Waals surface area contributed by atoms with Gasteiger partial charge in [-0.1, -0.05) is 30.3 Å². The third kappa shape index (κ3) is 1.88. The van der Waals surface area contributed by atoms with E-state index in [1.54, 1.807) is 0 Å². The largest absolute Gasteiger partial charge is 0.353 e. The van der Waals surface area contributed by atoms with Crippen LogP contribution in [-0.2, 0) is 0 Å². The van der Waals surface area contributed by atoms with Crippen molar-refractivity contribution in [3.63, 3.8) is 0 Å². The summed E-state index contributed by atoms with van der Waals surface area (Å²) in [4.78, 5) is 2.33. The average Bonchev–Trinajstić information content (AvgIpc) is 2.76. The smallest absolute Gasteiger partial charge is 0.151 e. The van der Waals surface area contributed by atoms with Crippen LogP contribution in [0.5, 0.6) is 0 Å². The van der Waals surface area contributed by atoms with Gasteiger partial charge in [0, 0.05) is 37.2 Å². The van der Waals surface area contributed by atoms with Crippen molar-refractivity contribution in [2.75, 3.05) is 24.5 Å². The number of fused-ring (bicyclic) bond motifs is 1. The Bertz CT molecular complexity index is 554. The van der Waals surface area contributed by atoms with E-state index >= 15 is 0 Å². The molecule has 2 aliphatic rings. The summed E-state index contributed by atoms with van der Waals surface area (Å²) in [5, 5.41) is 12.2. The van der Waals surface area contributed by atoms with E-state index in [-0.39, 0.29) is 0 Å². The molecule has 2 aliphatic heterocycles. The van der Waals surface area contributed by atoms with E-state index in [0.717, 1.165) is 42.6 Å². The second kappa shape index (κ2) is 4.31. The van der Waals surface area contributed by atoms with Crippen molar-refractivity contribution in [3.8, 4) is 11.3 Å². The average molecular weight is 252 g/mol. The van der Waals surface area contributed by atoms with Gasteiger partial charge >= 0.3 is 0 Å². The molecule has 2 aromatic rings. The molecule has 4 rings (SSSR count). The molecule has 1 N–H and O–H groups in total. The maximum absolute atomic E-state index is 4.38. The highest BCUT2D eigenvalue weighted by atomic mass is 15.3. The number of rotatable bonds is 2. The fourth-order valence-electron chi connectivity index (χ4n) is 2.90. The lowest BCUT2D eigenvalue weighted by Crippen LogP contribution is -2.51. The Hall–Kier alpha value is -1.94. The predicted molar refractivity (Wildman–Crippen MR) is 75.0 cm³/mol. The maximum Gasteiger partial charge on any atom is 0.151 e. The van der Waals surface area contributed by atoms with E-state index in [4.69, 9.17) is 0 Å². The summed E-state index contributed by atoms with van der Waals surface area (Å²) < 4.78 is 0. The van der Waals surface area contributed by atoms with Crippen LogP contribution in [0.25, 0.3) is 11.3 Å². The molecule has 0 unspecified atom stereocenters. The summed E-state index contributed by atoms with van der Waals surface area (Å²) >= 11 is 0. The Labute approximate surface area is 112 Å². The van der Waals surface area contributed by atoms with E-state index in [1.165, 1.54) is 0 Å². The maximum atomic E-state index is 4.38. The zero-order valence-electron chi connectivity index (χ0n) is 10.7. The molecule has 0 saturated carbocycles. The Morgan fingerprint density at radius 3 is 2.47 bits per heavy atom. The molecule has 0 amide bonds. The molecule has 3 heterocycles. The van der Waals surface area contributed by atoms with Gasteiger partial charge in [0.25, 0.3) is 0 Å². The fraction of sp³-hybridized carbons (Fsp3) is 0.333. The van der Waals surface area contributed by atoms with Gasteiger partial charge in [-0.15, -0.1) is 10.2 Å². The quantitative estimate of drug-likeness (QED) is 0.880. The number of nitrogens with zero attached hydrogens (tertiary/aromatic N) is 3. The van der Waals surface area contributed by atoms with Gasteiger partial charge in [0.15, 0.2) is 5.82 Å². The van der Waals surface area contributed by atoms with Gasteiger partial charge in [-0.25, -0.2) is 0 Å². The molecule has 2 atom stereocenters. The number of hydrogen-bond donors (Lipinski definition) is 1. The highest BCUT2D eigenvalue weighted by Crippen LogP contribution is 2.27. The van der Waals surface area contributed by atoms with Gasteiger partial charge in [0.2, 0.25) is 0 Å². The lowest BCUT2D eigenvalue weighted by molar-refractivity contribution is 0.297. The van der Waals surface area contributed by atoms with Gasteiger partial charge in [-0.2, -0.15) is 0 Å². The minimum atomic E-state index is 0.663. The molecule has 1 aromatic carbocycles. The van der Waals surface area contributed by atoms with Crippen LogP contribution in [0.3, 0.4) is 0 Å². The van der Waals surface area contributed by atoms with Gasteiger partial charge in [0.1, 0.15) is 0 Å². The summed E-state index contributed by atoms with van der Waals surface area (Å²) in [6.07, 6.45) is 0. The standard InChI is InChI=1S/C15H16N4/c1-2-4-11(5-3-1)13-6-7-15(18-17-13)19-9-12-8-16-14(12)10-19/h1-7,12,14,16H,8-10H2/t12-,14+/m1/s1. The first-order valence-corrected chi connectivity index (χ1v) is 6.77. The normalized spacial score (nSPS) is 24.9. The first-order chi connectivity index (χ1) is 9.40. The number of benzene rings is 1. The van der Waals surface area contributed by atoms with Crippen molar-refractivity contribution in [2.24, 2.45) is 5.92 Å². The van der Waals surface area contributed by atoms with E-state index < -0.39 is 0 Å². The van der Waals surface area contributed by atoms with Crippen LogP contribution in [0.2, 0.25) is 0 Å². The monoisotopic (exact) mass is 252 g/mol. The molecular formula is C15H16N4. The molecule has 19 heavy (non-hydrogen) atoms. The molecular weight excluding hydrogens is 236 g/mol. The molecule has 4 nitrogen and oxygen atoms in total. The first-order valence-electron chi connectivity index (χ1n) is 6.77. The SMILES string of the molecule is c1ccc(-c2ccc(N3C[C@H]4CN[C@H]4C3)nn2)cc1. The zero-order valence-corrected chi connectivity index (χ0v) is 10.7. The summed E-state index contributed by atoms with van der Waals surface area (Å²) in [6, 6.07) is 15.0. The van der Waals surface area contributed by atoms with E-state index in [1.807, 2.05) is 18.2 Å². The predicted octanol–water partition coefficient (Wildman–Crippen LogP) is 1.55. The third-order valence-corrected chi connectivity index (χ3v) is 4.13. The molecule has 2 saturated heterocycles. The van der Waals surface area contributed by atoms with Crippen molar-refractivity contribution in [2.45, 2.75) is 6.04 Å². The van der Waals surface area contributed by atoms with Crippen LogP contribution in [0.4, 0.5) is 5.82 Å². The van der Waals surface area contributed by atoms with Gasteiger partial charge in [0.05, 0.1) is 5.69 Å². The van der Waals surface area contributed by atoms with Gasteiger partial charge < -0.3 is 10.2 Å². The topological polar surface area (TPSA) is 41.0 Å². The van der Waals surface area contributed by atoms with Crippen LogP contribution in [-0.4, -0.2) is 35.9 Å². The minimum absolute atomic E-state index is 0.663. The highest BCUT2D eigenvalue weighted by Gasteiger charge is 2.39. The van der Waals surface area contributed by atoms with Crippen LogP contribution in [0.1, 0.15) is 0 Å². The first kappa shape index (κ1) is 10.9. The van der Waals surface area contributed by atoms with Gasteiger partial charge in [-0.05, 0) is 12.1 Å². The lowest BCUT2D eigenvalue weighted by atomic mass is 9.96. The van der Waals surface area contributed by atoms with Crippen molar-refractivity contribution < 1.29 is 0 Å². The third-order valence-electron chi connectivity index (χ3n) is 4.13. The van der Waals surface area contributed by atoms with Gasteiger partial charge in [-0.3, -0.25) is 0 Å². The van der Waals surface area contributed by atoms with E-state index in [2.05, 4.69) is 44.7 Å². The molecule has 4 heteroatoms. The van der Waals surface area contributed by atoms with Crippen molar-refractivity contribution in [3.05, 3.63) is 42.5 Å². The molecule has 96 valence electrons. The highest BCUT2D eigenvalue weighted by molar-refractivity contribution is 5.59. The van der Waals surface area contributed by atoms with Crippen molar-refractivity contribution >= 4 is 5.82 Å². The number of nitrogens with one attached hydrogen (secondary N) is 1. The van der Waals surface area contributed by atoms with Crippen molar-refractivity contribution in [1.82, 2.24) is 15.5 Å². The second-order valence-corrected chi connectivity index (χ2v) is 5.32. The molecule has 1 aromatic heterocycles. The summed E-state index contributed by atoms with van der Waals surface area (Å²) in [7, 11) is 0. The number of hydrogen-bond acceptors (Lipinski definition) is 4. The summed E-state index contributed by atoms with van der Waals surface area (Å²) in [6.45, 7) is 3.32. The Morgan fingerprint density at radius 2 is 1.89 bits per heavy atom. The second-order valence-electron chi connectivity index (χ2n) is 5.32. The molecule has 0 radical (unpaired) electrons. The van der Waals surface area contributed by atoms with Crippen LogP contribution < -0.4 is 10.2 Å². The number of anilines is 1. The summed E-state index contributed by atoms with van der Waals surface area (Å²) in [5.74, 6) is 1.80. The zero-order chi connectivity index (χ0) is 12.7. The van der Waals surface area contributed by atoms with Crippen LogP contribution in [0, 0.1) is 5.92 Å². The Morgan fingerprint density at radius 1 is 1.00 bits per heavy atom. The van der Waals surface area contributed by atoms with E-state index in [0.29, 0.717) is 6.04 Å². The number of aromatic nitrogens is 2. The Kier molecular flexibility index (Phi) is 2.48. The molecule has 0 bridgehead atoms. The lowest BCUT2D eigenvalue weighted by Gasteiger charge is -2.29. The fourth-order valence-corrected chi connectivity index (χ4v) is 2.90. The van der Waals surface area contributed by atoms with Crippen molar-refractivity contribution in [1.29, 1.82) is 0 Å².